The van der Waals surface area contributed by atoms with E-state index in [9.17, 15) is 4.79 Å². The summed E-state index contributed by atoms with van der Waals surface area (Å²) in [5.41, 5.74) is 3.54. The minimum Gasteiger partial charge on any atom is -0.293 e. The zero-order chi connectivity index (χ0) is 11.5. The van der Waals surface area contributed by atoms with Gasteiger partial charge in [0.15, 0.2) is 5.78 Å². The molecule has 0 bridgehead atoms. The number of carbonyl (C=O) groups is 1. The highest BCUT2D eigenvalue weighted by Gasteiger charge is 2.38. The summed E-state index contributed by atoms with van der Waals surface area (Å²) >= 11 is 0. The summed E-state index contributed by atoms with van der Waals surface area (Å²) in [4.78, 5) is 12.1. The van der Waals surface area contributed by atoms with Gasteiger partial charge in [-0.3, -0.25) is 4.79 Å². The molecule has 0 N–H and O–H groups in total. The SMILES string of the molecule is CCCCC1=C(C)C1C(=O)c1ccccc1. The topological polar surface area (TPSA) is 17.1 Å². The van der Waals surface area contributed by atoms with E-state index in [0.717, 1.165) is 12.0 Å². The summed E-state index contributed by atoms with van der Waals surface area (Å²) in [6.07, 6.45) is 3.50. The maximum atomic E-state index is 12.1. The minimum absolute atomic E-state index is 0.133. The third kappa shape index (κ3) is 2.08. The molecular weight excluding hydrogens is 196 g/mol. The van der Waals surface area contributed by atoms with Crippen LogP contribution in [0.15, 0.2) is 41.5 Å². The largest absolute Gasteiger partial charge is 0.293 e. The average Bonchev–Trinajstić information content (AvgIpc) is 2.97. The predicted octanol–water partition coefficient (Wildman–Crippen LogP) is 4.01. The van der Waals surface area contributed by atoms with Crippen LogP contribution in [0.3, 0.4) is 0 Å². The van der Waals surface area contributed by atoms with Crippen molar-refractivity contribution in [3.63, 3.8) is 0 Å². The fraction of sp³-hybridized carbons (Fsp3) is 0.400. The highest BCUT2D eigenvalue weighted by atomic mass is 16.1. The van der Waals surface area contributed by atoms with Crippen molar-refractivity contribution in [2.24, 2.45) is 5.92 Å². The van der Waals surface area contributed by atoms with Gasteiger partial charge in [0.25, 0.3) is 0 Å². The van der Waals surface area contributed by atoms with Crippen molar-refractivity contribution in [2.45, 2.75) is 33.1 Å². The number of hydrogen-bond acceptors (Lipinski definition) is 1. The Bertz CT molecular complexity index is 414. The van der Waals surface area contributed by atoms with Crippen molar-refractivity contribution in [2.75, 3.05) is 0 Å². The lowest BCUT2D eigenvalue weighted by molar-refractivity contribution is 0.0972. The molecule has 0 aliphatic heterocycles. The number of carbonyl (C=O) groups excluding carboxylic acids is 1. The van der Waals surface area contributed by atoms with Crippen LogP contribution in [-0.2, 0) is 0 Å². The van der Waals surface area contributed by atoms with Crippen LogP contribution in [-0.4, -0.2) is 5.78 Å². The number of rotatable bonds is 5. The van der Waals surface area contributed by atoms with Crippen LogP contribution in [0.5, 0.6) is 0 Å². The van der Waals surface area contributed by atoms with E-state index >= 15 is 0 Å². The lowest BCUT2D eigenvalue weighted by Crippen LogP contribution is -2.04. The van der Waals surface area contributed by atoms with Crippen molar-refractivity contribution in [1.82, 2.24) is 0 Å². The fourth-order valence-electron chi connectivity index (χ4n) is 2.22. The Kier molecular flexibility index (Phi) is 3.23. The standard InChI is InChI=1S/C15H18O/c1-3-4-10-13-11(2)14(13)15(16)12-8-6-5-7-9-12/h5-9,14H,3-4,10H2,1-2H3. The molecular formula is C15H18O. The second-order valence-corrected chi connectivity index (χ2v) is 4.48. The summed E-state index contributed by atoms with van der Waals surface area (Å²) in [6.45, 7) is 4.28. The van der Waals surface area contributed by atoms with Gasteiger partial charge >= 0.3 is 0 Å². The van der Waals surface area contributed by atoms with E-state index in [1.807, 2.05) is 30.3 Å². The van der Waals surface area contributed by atoms with Gasteiger partial charge in [0.1, 0.15) is 0 Å². The lowest BCUT2D eigenvalue weighted by atomic mass is 10.0. The van der Waals surface area contributed by atoms with Crippen molar-refractivity contribution < 1.29 is 4.79 Å². The summed E-state index contributed by atoms with van der Waals surface area (Å²) in [7, 11) is 0. The highest BCUT2D eigenvalue weighted by molar-refractivity contribution is 6.04. The van der Waals surface area contributed by atoms with Crippen LogP contribution in [0.25, 0.3) is 0 Å². The van der Waals surface area contributed by atoms with Crippen molar-refractivity contribution >= 4 is 5.78 Å². The summed E-state index contributed by atoms with van der Waals surface area (Å²) in [5, 5.41) is 0. The zero-order valence-corrected chi connectivity index (χ0v) is 9.99. The Morgan fingerprint density at radius 1 is 1.25 bits per heavy atom. The Labute approximate surface area is 97.2 Å². The van der Waals surface area contributed by atoms with Gasteiger partial charge in [-0.05, 0) is 19.8 Å². The van der Waals surface area contributed by atoms with Gasteiger partial charge in [-0.15, -0.1) is 0 Å². The normalized spacial score (nSPS) is 18.8. The fourth-order valence-corrected chi connectivity index (χ4v) is 2.22. The molecule has 0 spiro atoms. The van der Waals surface area contributed by atoms with E-state index < -0.39 is 0 Å². The molecule has 1 aromatic carbocycles. The molecule has 2 rings (SSSR count). The smallest absolute Gasteiger partial charge is 0.174 e. The van der Waals surface area contributed by atoms with Gasteiger partial charge in [-0.25, -0.2) is 0 Å². The minimum atomic E-state index is 0.133. The second-order valence-electron chi connectivity index (χ2n) is 4.48. The molecule has 1 aliphatic rings. The van der Waals surface area contributed by atoms with E-state index in [-0.39, 0.29) is 11.7 Å². The van der Waals surface area contributed by atoms with Gasteiger partial charge in [-0.2, -0.15) is 0 Å². The van der Waals surface area contributed by atoms with Gasteiger partial charge in [0.2, 0.25) is 0 Å². The molecule has 0 saturated heterocycles. The first-order valence-corrected chi connectivity index (χ1v) is 6.04. The van der Waals surface area contributed by atoms with Crippen LogP contribution >= 0.6 is 0 Å². The second kappa shape index (κ2) is 4.65. The highest BCUT2D eigenvalue weighted by Crippen LogP contribution is 2.44. The summed E-state index contributed by atoms with van der Waals surface area (Å²) in [5.74, 6) is 0.415. The molecule has 84 valence electrons. The van der Waals surface area contributed by atoms with E-state index in [2.05, 4.69) is 13.8 Å². The van der Waals surface area contributed by atoms with Crippen LogP contribution in [0.2, 0.25) is 0 Å². The molecule has 0 fully saturated rings. The summed E-state index contributed by atoms with van der Waals surface area (Å²) in [6, 6.07) is 9.62. The van der Waals surface area contributed by atoms with Crippen molar-refractivity contribution in [1.29, 1.82) is 0 Å². The van der Waals surface area contributed by atoms with E-state index in [4.69, 9.17) is 0 Å². The maximum Gasteiger partial charge on any atom is 0.174 e. The number of Topliss-reactive ketones (excluding diaryl/α,β-unsaturated/α-hetero) is 1. The van der Waals surface area contributed by atoms with Gasteiger partial charge in [0.05, 0.1) is 5.92 Å². The van der Waals surface area contributed by atoms with Crippen LogP contribution < -0.4 is 0 Å². The molecule has 1 atom stereocenters. The first-order chi connectivity index (χ1) is 7.75. The first kappa shape index (κ1) is 11.1. The molecule has 16 heavy (non-hydrogen) atoms. The monoisotopic (exact) mass is 214 g/mol. The average molecular weight is 214 g/mol. The molecule has 1 aliphatic carbocycles. The van der Waals surface area contributed by atoms with Crippen LogP contribution in [0, 0.1) is 5.92 Å². The van der Waals surface area contributed by atoms with Gasteiger partial charge < -0.3 is 0 Å². The van der Waals surface area contributed by atoms with Crippen molar-refractivity contribution in [3.05, 3.63) is 47.0 Å². The molecule has 1 aromatic rings. The Balaban J connectivity index is 2.00. The molecule has 0 saturated carbocycles. The predicted molar refractivity (Wildman–Crippen MR) is 66.5 cm³/mol. The van der Waals surface area contributed by atoms with E-state index in [1.165, 1.54) is 24.0 Å². The first-order valence-electron chi connectivity index (χ1n) is 6.04. The number of ketones is 1. The van der Waals surface area contributed by atoms with E-state index in [0.29, 0.717) is 0 Å². The van der Waals surface area contributed by atoms with Crippen LogP contribution in [0.4, 0.5) is 0 Å². The number of benzene rings is 1. The van der Waals surface area contributed by atoms with Gasteiger partial charge in [-0.1, -0.05) is 54.8 Å². The Morgan fingerprint density at radius 2 is 1.94 bits per heavy atom. The van der Waals surface area contributed by atoms with Crippen LogP contribution in [0.1, 0.15) is 43.5 Å². The number of allylic oxidation sites excluding steroid dienone is 2. The molecule has 1 heteroatoms. The number of unbranched alkanes of at least 4 members (excludes halogenated alkanes) is 1. The molecule has 0 heterocycles. The lowest BCUT2D eigenvalue weighted by Gasteiger charge is -2.00. The third-order valence-corrected chi connectivity index (χ3v) is 3.32. The zero-order valence-electron chi connectivity index (χ0n) is 9.99. The Morgan fingerprint density at radius 3 is 2.56 bits per heavy atom. The maximum absolute atomic E-state index is 12.1. The van der Waals surface area contributed by atoms with E-state index in [1.54, 1.807) is 0 Å². The summed E-state index contributed by atoms with van der Waals surface area (Å²) < 4.78 is 0. The molecule has 0 aromatic heterocycles. The third-order valence-electron chi connectivity index (χ3n) is 3.32. The Hall–Kier alpha value is -1.37. The molecule has 1 unspecified atom stereocenters. The van der Waals surface area contributed by atoms with Gasteiger partial charge in [0, 0.05) is 5.56 Å². The molecule has 0 radical (unpaired) electrons. The van der Waals surface area contributed by atoms with Crippen molar-refractivity contribution in [3.8, 4) is 0 Å². The molecule has 1 nitrogen and oxygen atoms in total. The number of hydrogen-bond donors (Lipinski definition) is 0. The molecule has 0 amide bonds. The quantitative estimate of drug-likeness (QED) is 0.534.